The van der Waals surface area contributed by atoms with Crippen molar-refractivity contribution in [1.29, 1.82) is 0 Å². The maximum atomic E-state index is 9.06. The van der Waals surface area contributed by atoms with Crippen LogP contribution in [-0.2, 0) is 0 Å². The van der Waals surface area contributed by atoms with E-state index in [1.807, 2.05) is 0 Å². The van der Waals surface area contributed by atoms with E-state index in [2.05, 4.69) is 20.8 Å². The fourth-order valence-electron chi connectivity index (χ4n) is 1.31. The molecule has 79 valence electrons. The topological polar surface area (TPSA) is 20.2 Å². The molecule has 1 radical (unpaired) electrons. The van der Waals surface area contributed by atoms with Gasteiger partial charge in [0, 0.05) is 12.3 Å². The van der Waals surface area contributed by atoms with Crippen molar-refractivity contribution in [2.24, 2.45) is 0 Å². The van der Waals surface area contributed by atoms with Crippen molar-refractivity contribution in [3.8, 4) is 0 Å². The van der Waals surface area contributed by atoms with Crippen LogP contribution in [-0.4, -0.2) is 29.7 Å². The molecule has 0 fully saturated rings. The van der Waals surface area contributed by atoms with Crippen LogP contribution in [0.3, 0.4) is 0 Å². The lowest BCUT2D eigenvalue weighted by molar-refractivity contribution is 0.304. The molecule has 0 aromatic heterocycles. The van der Waals surface area contributed by atoms with Crippen molar-refractivity contribution >= 4 is 7.92 Å². The second-order valence-corrected chi connectivity index (χ2v) is 6.38. The van der Waals surface area contributed by atoms with Gasteiger partial charge >= 0.3 is 0 Å². The van der Waals surface area contributed by atoms with Crippen molar-refractivity contribution in [3.05, 3.63) is 6.92 Å². The maximum Gasteiger partial charge on any atom is 0.0498 e. The van der Waals surface area contributed by atoms with Gasteiger partial charge in [0.2, 0.25) is 0 Å². The number of hydrogen-bond acceptors (Lipinski definition) is 1. The van der Waals surface area contributed by atoms with E-state index in [0.717, 1.165) is 0 Å². The summed E-state index contributed by atoms with van der Waals surface area (Å²) in [6.07, 6.45) is 7.76. The summed E-state index contributed by atoms with van der Waals surface area (Å²) in [6.45, 7) is 8.77. The summed E-state index contributed by atoms with van der Waals surface area (Å²) in [6, 6.07) is 0. The molecule has 0 aromatic rings. The van der Waals surface area contributed by atoms with E-state index in [1.165, 1.54) is 38.0 Å². The Hall–Kier alpha value is 0.390. The minimum atomic E-state index is 0.00514. The lowest BCUT2D eigenvalue weighted by Gasteiger charge is -2.22. The molecular weight excluding hydrogens is 179 g/mol. The Balaban J connectivity index is 3.72. The molecule has 0 saturated carbocycles. The van der Waals surface area contributed by atoms with Gasteiger partial charge in [-0.2, -0.15) is 0 Å². The molecule has 0 saturated heterocycles. The zero-order chi connectivity index (χ0) is 10.1. The minimum absolute atomic E-state index is 0.00514. The van der Waals surface area contributed by atoms with Gasteiger partial charge in [-0.25, -0.2) is 0 Å². The summed E-state index contributed by atoms with van der Waals surface area (Å²) in [4.78, 5) is 0. The van der Waals surface area contributed by atoms with Crippen LogP contribution in [0.1, 0.15) is 39.5 Å². The Morgan fingerprint density at radius 3 is 1.92 bits per heavy atom. The molecule has 0 aliphatic heterocycles. The molecule has 0 rings (SSSR count). The van der Waals surface area contributed by atoms with Crippen LogP contribution in [0.5, 0.6) is 0 Å². The van der Waals surface area contributed by atoms with Crippen LogP contribution < -0.4 is 0 Å². The molecule has 0 amide bonds. The number of hydrogen-bond donors (Lipinski definition) is 1. The van der Waals surface area contributed by atoms with Crippen LogP contribution in [0.25, 0.3) is 0 Å². The summed E-state index contributed by atoms with van der Waals surface area (Å²) in [5, 5.41) is 9.06. The highest BCUT2D eigenvalue weighted by Crippen LogP contribution is 2.42. The summed E-state index contributed by atoms with van der Waals surface area (Å²) in [5.74, 6) is 0. The predicted octanol–water partition coefficient (Wildman–Crippen LogP) is 3.26. The van der Waals surface area contributed by atoms with E-state index in [0.29, 0.717) is 5.66 Å². The molecule has 0 aliphatic carbocycles. The molecule has 1 atom stereocenters. The highest BCUT2D eigenvalue weighted by molar-refractivity contribution is 7.58. The van der Waals surface area contributed by atoms with Crippen molar-refractivity contribution in [3.63, 3.8) is 0 Å². The monoisotopic (exact) mass is 203 g/mol. The molecule has 1 nitrogen and oxygen atoms in total. The summed E-state index contributed by atoms with van der Waals surface area (Å²) in [5.41, 5.74) is 0.313. The Labute approximate surface area is 84.7 Å². The highest BCUT2D eigenvalue weighted by Gasteiger charge is 2.14. The molecule has 1 unspecified atom stereocenters. The average Bonchev–Trinajstić information content (AvgIpc) is 2.17. The van der Waals surface area contributed by atoms with E-state index in [1.54, 1.807) is 0 Å². The van der Waals surface area contributed by atoms with Gasteiger partial charge in [0.1, 0.15) is 0 Å². The first-order chi connectivity index (χ1) is 6.26. The normalized spacial score (nSPS) is 13.6. The summed E-state index contributed by atoms with van der Waals surface area (Å²) in [7, 11) is 0.00514. The van der Waals surface area contributed by atoms with Crippen LogP contribution in [0.2, 0.25) is 0 Å². The van der Waals surface area contributed by atoms with Gasteiger partial charge < -0.3 is 5.11 Å². The molecule has 0 aliphatic rings. The highest BCUT2D eigenvalue weighted by atomic mass is 31.1. The molecule has 0 spiro atoms. The zero-order valence-corrected chi connectivity index (χ0v) is 10.0. The Morgan fingerprint density at radius 2 is 1.62 bits per heavy atom. The number of rotatable bonds is 8. The third-order valence-corrected chi connectivity index (χ3v) is 5.30. The van der Waals surface area contributed by atoms with E-state index in [9.17, 15) is 0 Å². The molecule has 2 heteroatoms. The van der Waals surface area contributed by atoms with Crippen LogP contribution in [0.4, 0.5) is 0 Å². The maximum absolute atomic E-state index is 9.06. The van der Waals surface area contributed by atoms with Gasteiger partial charge in [0.15, 0.2) is 0 Å². The van der Waals surface area contributed by atoms with Crippen molar-refractivity contribution in [2.45, 2.75) is 45.2 Å². The first-order valence-corrected chi connectivity index (χ1v) is 7.22. The minimum Gasteiger partial charge on any atom is -0.396 e. The second kappa shape index (κ2) is 8.97. The van der Waals surface area contributed by atoms with E-state index >= 15 is 0 Å². The van der Waals surface area contributed by atoms with Gasteiger partial charge in [-0.15, -0.1) is 7.92 Å². The van der Waals surface area contributed by atoms with Gasteiger partial charge in [-0.1, -0.05) is 26.7 Å². The van der Waals surface area contributed by atoms with Crippen LogP contribution in [0, 0.1) is 6.92 Å². The van der Waals surface area contributed by atoms with Crippen molar-refractivity contribution in [2.75, 3.05) is 18.9 Å². The van der Waals surface area contributed by atoms with Gasteiger partial charge in [0.05, 0.1) is 0 Å². The third kappa shape index (κ3) is 6.46. The Morgan fingerprint density at radius 1 is 1.15 bits per heavy atom. The largest absolute Gasteiger partial charge is 0.396 e. The third-order valence-electron chi connectivity index (χ3n) is 2.32. The molecule has 0 heterocycles. The number of aliphatic hydroxyl groups excluding tert-OH is 1. The lowest BCUT2D eigenvalue weighted by Crippen LogP contribution is -2.10. The van der Waals surface area contributed by atoms with E-state index < -0.39 is 0 Å². The van der Waals surface area contributed by atoms with E-state index in [4.69, 9.17) is 5.11 Å². The van der Waals surface area contributed by atoms with E-state index in [-0.39, 0.29) is 14.5 Å². The second-order valence-electron chi connectivity index (χ2n) is 3.58. The fourth-order valence-corrected chi connectivity index (χ4v) is 3.94. The standard InChI is InChI=1S/C11H24OP/c1-4-6-8-13(9-7-5-2)11(3)10-12/h11-12H,3-10H2,1-2H3. The predicted molar refractivity (Wildman–Crippen MR) is 62.7 cm³/mol. The van der Waals surface area contributed by atoms with Crippen molar-refractivity contribution in [1.82, 2.24) is 0 Å². The summed E-state index contributed by atoms with van der Waals surface area (Å²) < 4.78 is 0. The van der Waals surface area contributed by atoms with Gasteiger partial charge in [-0.05, 0) is 32.1 Å². The first-order valence-electron chi connectivity index (χ1n) is 5.44. The smallest absolute Gasteiger partial charge is 0.0498 e. The van der Waals surface area contributed by atoms with Crippen molar-refractivity contribution < 1.29 is 5.11 Å². The molecular formula is C11H24OP. The van der Waals surface area contributed by atoms with Crippen LogP contribution >= 0.6 is 7.92 Å². The number of aliphatic hydroxyl groups is 1. The van der Waals surface area contributed by atoms with Gasteiger partial charge in [-0.3, -0.25) is 0 Å². The van der Waals surface area contributed by atoms with Crippen LogP contribution in [0.15, 0.2) is 0 Å². The fraction of sp³-hybridized carbons (Fsp3) is 0.909. The first kappa shape index (κ1) is 13.4. The average molecular weight is 203 g/mol. The Kier molecular flexibility index (Phi) is 9.23. The zero-order valence-electron chi connectivity index (χ0n) is 9.13. The molecule has 1 N–H and O–H groups in total. The Bertz CT molecular complexity index is 98.3. The molecule has 0 bridgehead atoms. The SMILES string of the molecule is [CH2]C(CO)P(CCCC)CCCC. The summed E-state index contributed by atoms with van der Waals surface area (Å²) >= 11 is 0. The molecule has 13 heavy (non-hydrogen) atoms. The number of unbranched alkanes of at least 4 members (excludes halogenated alkanes) is 2. The molecule has 0 aromatic carbocycles. The van der Waals surface area contributed by atoms with Gasteiger partial charge in [0.25, 0.3) is 0 Å². The quantitative estimate of drug-likeness (QED) is 0.600. The lowest BCUT2D eigenvalue weighted by atomic mass is 10.4.